The quantitative estimate of drug-likeness (QED) is 0.250. The number of ether oxygens (including phenoxy) is 1. The summed E-state index contributed by atoms with van der Waals surface area (Å²) in [6.45, 7) is 14.1. The molecular weight excluding hydrogens is 470 g/mol. The summed E-state index contributed by atoms with van der Waals surface area (Å²) < 4.78 is 5.84. The third-order valence-corrected chi connectivity index (χ3v) is 11.5. The van der Waals surface area contributed by atoms with Crippen LogP contribution in [0.2, 0.25) is 0 Å². The monoisotopic (exact) mass is 517 g/mol. The highest BCUT2D eigenvalue weighted by Crippen LogP contribution is 2.74. The van der Waals surface area contributed by atoms with Gasteiger partial charge in [-0.1, -0.05) is 39.3 Å². The molecule has 0 bridgehead atoms. The van der Waals surface area contributed by atoms with Gasteiger partial charge >= 0.3 is 11.9 Å². The summed E-state index contributed by atoms with van der Waals surface area (Å²) >= 11 is 0. The smallest absolute Gasteiger partial charge is 0.331 e. The predicted octanol–water partition coefficient (Wildman–Crippen LogP) is 4.21. The molecule has 4 saturated carbocycles. The van der Waals surface area contributed by atoms with Gasteiger partial charge in [-0.3, -0.25) is 4.79 Å². The van der Waals surface area contributed by atoms with Crippen molar-refractivity contribution < 1.29 is 29.6 Å². The normalized spacial score (nSPS) is 48.3. The van der Waals surface area contributed by atoms with Crippen LogP contribution >= 0.6 is 0 Å². The topological polar surface area (TPSA) is 130 Å². The molecule has 0 radical (unpaired) electrons. The van der Waals surface area contributed by atoms with Crippen molar-refractivity contribution in [1.29, 1.82) is 0 Å². The molecule has 11 atom stereocenters. The summed E-state index contributed by atoms with van der Waals surface area (Å²) in [4.78, 5) is 24.8. The second-order valence-electron chi connectivity index (χ2n) is 13.5. The third kappa shape index (κ3) is 4.11. The lowest BCUT2D eigenvalue weighted by Gasteiger charge is -2.70. The van der Waals surface area contributed by atoms with E-state index in [1.165, 1.54) is 6.92 Å². The van der Waals surface area contributed by atoms with E-state index in [-0.39, 0.29) is 46.7 Å². The van der Waals surface area contributed by atoms with Crippen LogP contribution in [0.1, 0.15) is 87.0 Å². The molecule has 0 aromatic heterocycles. The zero-order valence-corrected chi connectivity index (χ0v) is 23.6. The van der Waals surface area contributed by atoms with Gasteiger partial charge in [-0.15, -0.1) is 0 Å². The van der Waals surface area contributed by atoms with Gasteiger partial charge in [0, 0.05) is 24.5 Å². The Bertz CT molecular complexity index is 1020. The second-order valence-corrected chi connectivity index (χ2v) is 13.5. The summed E-state index contributed by atoms with van der Waals surface area (Å²) in [6.07, 6.45) is 4.06. The number of aliphatic hydroxyl groups excluding tert-OH is 2. The highest BCUT2D eigenvalue weighted by molar-refractivity contribution is 5.88. The molecule has 208 valence electrons. The number of aliphatic hydroxyl groups is 2. The van der Waals surface area contributed by atoms with Crippen molar-refractivity contribution in [3.63, 3.8) is 0 Å². The van der Waals surface area contributed by atoms with Crippen molar-refractivity contribution in [3.8, 4) is 0 Å². The number of carboxylic acid groups (broad SMARTS) is 1. The molecule has 7 nitrogen and oxygen atoms in total. The van der Waals surface area contributed by atoms with Crippen molar-refractivity contribution in [2.75, 3.05) is 0 Å². The minimum absolute atomic E-state index is 0.103. The summed E-state index contributed by atoms with van der Waals surface area (Å²) in [5.41, 5.74) is 7.74. The van der Waals surface area contributed by atoms with Crippen LogP contribution in [0.3, 0.4) is 0 Å². The van der Waals surface area contributed by atoms with E-state index in [4.69, 9.17) is 10.5 Å². The van der Waals surface area contributed by atoms with E-state index < -0.39 is 41.5 Å². The summed E-state index contributed by atoms with van der Waals surface area (Å²) in [7, 11) is 0. The third-order valence-electron chi connectivity index (χ3n) is 11.5. The minimum Gasteiger partial charge on any atom is -0.478 e. The van der Waals surface area contributed by atoms with Gasteiger partial charge in [0.1, 0.15) is 6.10 Å². The number of nitrogens with two attached hydrogens (primary N) is 1. The van der Waals surface area contributed by atoms with Crippen LogP contribution in [0.4, 0.5) is 0 Å². The standard InChI is InChI=1S/C30H47NO6/c1-15(2)8-9-18(27(35)36)22-21(37-17(4)32)14-30(7)23(22)24(31)25(34)26-28(5)12-11-20(33)16(3)19(28)10-13-29(26,30)6/h8,16,19-21,23-26,33-34H,9-14,31H2,1-7H3,(H,35,36)/b22-18+/t16?,19-,20+,21?,23+,24+,25+,26-,28?,29?,30?/m0/s1. The Balaban J connectivity index is 1.90. The first-order chi connectivity index (χ1) is 17.1. The largest absolute Gasteiger partial charge is 0.478 e. The Morgan fingerprint density at radius 2 is 1.73 bits per heavy atom. The van der Waals surface area contributed by atoms with Crippen LogP contribution in [0.5, 0.6) is 0 Å². The number of carbonyl (C=O) groups is 2. The Morgan fingerprint density at radius 3 is 2.30 bits per heavy atom. The molecular formula is C30H47NO6. The molecule has 0 saturated heterocycles. The molecule has 0 spiro atoms. The summed E-state index contributed by atoms with van der Waals surface area (Å²) in [6, 6.07) is -0.683. The van der Waals surface area contributed by atoms with Gasteiger partial charge in [0.25, 0.3) is 0 Å². The molecule has 0 amide bonds. The zero-order valence-electron chi connectivity index (χ0n) is 23.6. The molecule has 0 aromatic rings. The highest BCUT2D eigenvalue weighted by Gasteiger charge is 2.72. The number of esters is 1. The van der Waals surface area contributed by atoms with Crippen LogP contribution < -0.4 is 5.73 Å². The Kier molecular flexibility index (Phi) is 7.26. The summed E-state index contributed by atoms with van der Waals surface area (Å²) in [5.74, 6) is -1.58. The van der Waals surface area contributed by atoms with Gasteiger partial charge in [-0.05, 0) is 91.9 Å². The fraction of sp³-hybridized carbons (Fsp3) is 0.800. The maximum Gasteiger partial charge on any atom is 0.331 e. The van der Waals surface area contributed by atoms with Gasteiger partial charge in [-0.2, -0.15) is 0 Å². The van der Waals surface area contributed by atoms with E-state index in [1.54, 1.807) is 0 Å². The average Bonchev–Trinajstić information content (AvgIpc) is 3.07. The molecule has 5 unspecified atom stereocenters. The lowest BCUT2D eigenvalue weighted by atomic mass is 9.36. The molecule has 37 heavy (non-hydrogen) atoms. The first kappa shape index (κ1) is 28.3. The van der Waals surface area contributed by atoms with Crippen LogP contribution in [0.15, 0.2) is 22.8 Å². The fourth-order valence-corrected chi connectivity index (χ4v) is 9.63. The number of aliphatic carboxylic acids is 1. The molecule has 0 aliphatic heterocycles. The number of hydrogen-bond acceptors (Lipinski definition) is 6. The number of hydrogen-bond donors (Lipinski definition) is 4. The van der Waals surface area contributed by atoms with Crippen LogP contribution in [0.25, 0.3) is 0 Å². The molecule has 5 N–H and O–H groups in total. The maximum absolute atomic E-state index is 12.6. The average molecular weight is 518 g/mol. The van der Waals surface area contributed by atoms with Gasteiger partial charge in [-0.25, -0.2) is 4.79 Å². The molecule has 7 heteroatoms. The van der Waals surface area contributed by atoms with Gasteiger partial charge < -0.3 is 25.8 Å². The fourth-order valence-electron chi connectivity index (χ4n) is 9.63. The van der Waals surface area contributed by atoms with E-state index >= 15 is 0 Å². The number of carbonyl (C=O) groups excluding carboxylic acids is 1. The van der Waals surface area contributed by atoms with Crippen molar-refractivity contribution in [2.45, 2.75) is 111 Å². The van der Waals surface area contributed by atoms with Crippen LogP contribution in [-0.4, -0.2) is 51.6 Å². The lowest BCUT2D eigenvalue weighted by Crippen LogP contribution is -2.71. The number of fused-ring (bicyclic) bond motifs is 5. The Hall–Kier alpha value is -1.70. The molecule has 4 aliphatic rings. The van der Waals surface area contributed by atoms with Crippen molar-refractivity contribution >= 4 is 11.9 Å². The lowest BCUT2D eigenvalue weighted by molar-refractivity contribution is -0.239. The van der Waals surface area contributed by atoms with Crippen LogP contribution in [0, 0.1) is 39.9 Å². The van der Waals surface area contributed by atoms with Gasteiger partial charge in [0.05, 0.1) is 12.2 Å². The SMILES string of the molecule is CC(=O)OC1CC2(C)[C@H](/C1=C(\CC=C(C)C)C(=O)O)[C@@H](N)[C@@H](O)[C@H]1C3(C)CC[C@@H](O)C(C)[C@@H]3CCC12C. The van der Waals surface area contributed by atoms with Crippen molar-refractivity contribution in [1.82, 2.24) is 0 Å². The first-order valence-corrected chi connectivity index (χ1v) is 14.0. The maximum atomic E-state index is 12.6. The molecule has 4 rings (SSSR count). The highest BCUT2D eigenvalue weighted by atomic mass is 16.5. The van der Waals surface area contributed by atoms with E-state index in [1.807, 2.05) is 19.9 Å². The molecule has 4 aliphatic carbocycles. The van der Waals surface area contributed by atoms with Gasteiger partial charge in [0.15, 0.2) is 0 Å². The van der Waals surface area contributed by atoms with Crippen molar-refractivity contribution in [3.05, 3.63) is 22.8 Å². The van der Waals surface area contributed by atoms with E-state index in [0.717, 1.165) is 24.8 Å². The molecule has 4 fully saturated rings. The number of allylic oxidation sites excluding steroid dienone is 2. The molecule has 0 heterocycles. The first-order valence-electron chi connectivity index (χ1n) is 14.0. The second kappa shape index (κ2) is 9.49. The van der Waals surface area contributed by atoms with Crippen molar-refractivity contribution in [2.24, 2.45) is 45.7 Å². The van der Waals surface area contributed by atoms with E-state index in [9.17, 15) is 24.9 Å². The molecule has 0 aromatic carbocycles. The van der Waals surface area contributed by atoms with E-state index in [2.05, 4.69) is 27.7 Å². The zero-order chi connectivity index (χ0) is 27.7. The van der Waals surface area contributed by atoms with Gasteiger partial charge in [0.2, 0.25) is 0 Å². The number of carboxylic acids is 1. The predicted molar refractivity (Wildman–Crippen MR) is 141 cm³/mol. The number of rotatable bonds is 4. The minimum atomic E-state index is -1.03. The Morgan fingerprint density at radius 1 is 1.08 bits per heavy atom. The van der Waals surface area contributed by atoms with Crippen LogP contribution in [-0.2, 0) is 14.3 Å². The van der Waals surface area contributed by atoms with E-state index in [0.29, 0.717) is 18.4 Å². The summed E-state index contributed by atoms with van der Waals surface area (Å²) in [5, 5.41) is 33.0. The Labute approximate surface area is 221 Å².